The number of aliphatic hydroxyl groups excluding tert-OH is 1. The van der Waals surface area contributed by atoms with E-state index in [9.17, 15) is 4.21 Å². The summed E-state index contributed by atoms with van der Waals surface area (Å²) >= 11 is 0. The Hall–Kier alpha value is -0.710. The van der Waals surface area contributed by atoms with Crippen molar-refractivity contribution in [3.8, 4) is 0 Å². The average Bonchev–Trinajstić information content (AvgIpc) is 2.30. The summed E-state index contributed by atoms with van der Waals surface area (Å²) < 4.78 is 13.7. The van der Waals surface area contributed by atoms with Crippen LogP contribution in [0.3, 0.4) is 0 Å². The van der Waals surface area contributed by atoms with Gasteiger partial charge in [-0.05, 0) is 12.0 Å². The van der Waals surface area contributed by atoms with Gasteiger partial charge in [-0.15, -0.1) is 0 Å². The maximum Gasteiger partial charge on any atom is 0.0946 e. The zero-order chi connectivity index (χ0) is 11.8. The third-order valence-electron chi connectivity index (χ3n) is 2.22. The van der Waals surface area contributed by atoms with Crippen molar-refractivity contribution < 1.29 is 9.32 Å². The van der Waals surface area contributed by atoms with Gasteiger partial charge in [-0.1, -0.05) is 37.3 Å². The Morgan fingerprint density at radius 2 is 2.00 bits per heavy atom. The Morgan fingerprint density at radius 3 is 2.56 bits per heavy atom. The molecular formula is C12H19NO2S. The molecule has 0 saturated carbocycles. The first kappa shape index (κ1) is 13.4. The SMILES string of the molecule is CCCS(=O)N(CCO)Cc1ccccc1. The molecule has 0 aliphatic rings. The molecule has 0 bridgehead atoms. The lowest BCUT2D eigenvalue weighted by Crippen LogP contribution is -2.30. The fourth-order valence-corrected chi connectivity index (χ4v) is 2.64. The number of rotatable bonds is 7. The van der Waals surface area contributed by atoms with E-state index in [-0.39, 0.29) is 6.61 Å². The summed E-state index contributed by atoms with van der Waals surface area (Å²) in [4.78, 5) is 0. The molecule has 4 heteroatoms. The van der Waals surface area contributed by atoms with Gasteiger partial charge in [0.1, 0.15) is 0 Å². The first-order valence-corrected chi connectivity index (χ1v) is 6.83. The molecule has 0 heterocycles. The molecule has 1 N–H and O–H groups in total. The smallest absolute Gasteiger partial charge is 0.0946 e. The summed E-state index contributed by atoms with van der Waals surface area (Å²) in [5.74, 6) is 0.660. The van der Waals surface area contributed by atoms with Gasteiger partial charge in [0.25, 0.3) is 0 Å². The van der Waals surface area contributed by atoms with Crippen molar-refractivity contribution in [2.24, 2.45) is 0 Å². The van der Waals surface area contributed by atoms with Crippen LogP contribution in [0.25, 0.3) is 0 Å². The molecule has 0 aliphatic heterocycles. The van der Waals surface area contributed by atoms with Gasteiger partial charge in [-0.25, -0.2) is 8.51 Å². The molecule has 1 aromatic carbocycles. The van der Waals surface area contributed by atoms with Crippen molar-refractivity contribution in [1.82, 2.24) is 4.31 Å². The maximum atomic E-state index is 11.9. The van der Waals surface area contributed by atoms with Crippen LogP contribution in [0, 0.1) is 0 Å². The molecule has 0 aromatic heterocycles. The zero-order valence-corrected chi connectivity index (χ0v) is 10.4. The van der Waals surface area contributed by atoms with Gasteiger partial charge in [0.2, 0.25) is 0 Å². The highest BCUT2D eigenvalue weighted by molar-refractivity contribution is 7.82. The van der Waals surface area contributed by atoms with Crippen LogP contribution in [0.15, 0.2) is 30.3 Å². The van der Waals surface area contributed by atoms with E-state index in [0.717, 1.165) is 12.0 Å². The summed E-state index contributed by atoms with van der Waals surface area (Å²) in [6, 6.07) is 9.91. The Bertz CT molecular complexity index is 316. The van der Waals surface area contributed by atoms with E-state index in [1.165, 1.54) is 0 Å². The summed E-state index contributed by atoms with van der Waals surface area (Å²) in [6.07, 6.45) is 0.892. The van der Waals surface area contributed by atoms with Crippen molar-refractivity contribution in [1.29, 1.82) is 0 Å². The highest BCUT2D eigenvalue weighted by Gasteiger charge is 2.11. The lowest BCUT2D eigenvalue weighted by atomic mass is 10.2. The molecule has 16 heavy (non-hydrogen) atoms. The van der Waals surface area contributed by atoms with Crippen molar-refractivity contribution in [2.75, 3.05) is 18.9 Å². The van der Waals surface area contributed by atoms with Gasteiger partial charge >= 0.3 is 0 Å². The summed E-state index contributed by atoms with van der Waals surface area (Å²) in [7, 11) is -0.985. The van der Waals surface area contributed by atoms with E-state index in [0.29, 0.717) is 18.8 Å². The Labute approximate surface area is 99.7 Å². The number of benzene rings is 1. The molecular weight excluding hydrogens is 222 g/mol. The third kappa shape index (κ3) is 4.43. The lowest BCUT2D eigenvalue weighted by Gasteiger charge is -2.19. The Morgan fingerprint density at radius 1 is 1.31 bits per heavy atom. The molecule has 0 amide bonds. The minimum absolute atomic E-state index is 0.0439. The van der Waals surface area contributed by atoms with Gasteiger partial charge in [0, 0.05) is 18.8 Å². The van der Waals surface area contributed by atoms with Crippen LogP contribution >= 0.6 is 0 Å². The van der Waals surface area contributed by atoms with Crippen LogP contribution in [-0.4, -0.2) is 32.5 Å². The molecule has 0 fully saturated rings. The second-order valence-corrected chi connectivity index (χ2v) is 5.17. The van der Waals surface area contributed by atoms with Crippen molar-refractivity contribution in [3.63, 3.8) is 0 Å². The molecule has 1 aromatic rings. The predicted octanol–water partition coefficient (Wildman–Crippen LogP) is 1.55. The monoisotopic (exact) mass is 241 g/mol. The largest absolute Gasteiger partial charge is 0.395 e. The summed E-state index contributed by atoms with van der Waals surface area (Å²) in [5, 5.41) is 8.96. The van der Waals surface area contributed by atoms with E-state index in [1.807, 2.05) is 41.6 Å². The predicted molar refractivity (Wildman–Crippen MR) is 67.2 cm³/mol. The minimum Gasteiger partial charge on any atom is -0.395 e. The van der Waals surface area contributed by atoms with Gasteiger partial charge in [0.05, 0.1) is 17.6 Å². The number of nitrogens with zero attached hydrogens (tertiary/aromatic N) is 1. The average molecular weight is 241 g/mol. The second-order valence-electron chi connectivity index (χ2n) is 3.60. The highest BCUT2D eigenvalue weighted by atomic mass is 32.2. The molecule has 90 valence electrons. The first-order valence-electron chi connectivity index (χ1n) is 5.56. The summed E-state index contributed by atoms with van der Waals surface area (Å²) in [5.41, 5.74) is 1.13. The van der Waals surface area contributed by atoms with E-state index in [1.54, 1.807) is 0 Å². The summed E-state index contributed by atoms with van der Waals surface area (Å²) in [6.45, 7) is 3.15. The normalized spacial score (nSPS) is 12.9. The molecule has 0 radical (unpaired) electrons. The van der Waals surface area contributed by atoms with E-state index < -0.39 is 11.0 Å². The van der Waals surface area contributed by atoms with Crippen LogP contribution < -0.4 is 0 Å². The molecule has 1 unspecified atom stereocenters. The third-order valence-corrected chi connectivity index (χ3v) is 3.86. The maximum absolute atomic E-state index is 11.9. The fourth-order valence-electron chi connectivity index (χ4n) is 1.46. The van der Waals surface area contributed by atoms with Crippen molar-refractivity contribution in [2.45, 2.75) is 19.9 Å². The van der Waals surface area contributed by atoms with Gasteiger partial charge in [-0.3, -0.25) is 0 Å². The quantitative estimate of drug-likeness (QED) is 0.787. The Kier molecular flexibility index (Phi) is 6.30. The second kappa shape index (κ2) is 7.54. The standard InChI is InChI=1S/C12H19NO2S/c1-2-10-16(15)13(8-9-14)11-12-6-4-3-5-7-12/h3-7,14H,2,8-11H2,1H3. The van der Waals surface area contributed by atoms with Gasteiger partial charge in [0.15, 0.2) is 0 Å². The van der Waals surface area contributed by atoms with E-state index in [2.05, 4.69) is 0 Å². The van der Waals surface area contributed by atoms with Crippen molar-refractivity contribution in [3.05, 3.63) is 35.9 Å². The van der Waals surface area contributed by atoms with Crippen LogP contribution in [0.5, 0.6) is 0 Å². The Balaban J connectivity index is 2.60. The molecule has 3 nitrogen and oxygen atoms in total. The zero-order valence-electron chi connectivity index (χ0n) is 9.63. The van der Waals surface area contributed by atoms with Gasteiger partial charge < -0.3 is 5.11 Å². The lowest BCUT2D eigenvalue weighted by molar-refractivity contribution is 0.256. The van der Waals surface area contributed by atoms with Crippen LogP contribution in [0.1, 0.15) is 18.9 Å². The van der Waals surface area contributed by atoms with Gasteiger partial charge in [-0.2, -0.15) is 0 Å². The highest BCUT2D eigenvalue weighted by Crippen LogP contribution is 2.07. The number of aliphatic hydroxyl groups is 1. The molecule has 0 aliphatic carbocycles. The van der Waals surface area contributed by atoms with Crippen LogP contribution in [-0.2, 0) is 17.5 Å². The molecule has 0 spiro atoms. The topological polar surface area (TPSA) is 40.5 Å². The van der Waals surface area contributed by atoms with Crippen LogP contribution in [0.4, 0.5) is 0 Å². The van der Waals surface area contributed by atoms with Crippen LogP contribution in [0.2, 0.25) is 0 Å². The fraction of sp³-hybridized carbons (Fsp3) is 0.500. The van der Waals surface area contributed by atoms with E-state index >= 15 is 0 Å². The minimum atomic E-state index is -0.985. The molecule has 0 saturated heterocycles. The number of hydrogen-bond donors (Lipinski definition) is 1. The van der Waals surface area contributed by atoms with Crippen molar-refractivity contribution >= 4 is 11.0 Å². The molecule has 1 atom stereocenters. The molecule has 1 rings (SSSR count). The van der Waals surface area contributed by atoms with E-state index in [4.69, 9.17) is 5.11 Å². The first-order chi connectivity index (χ1) is 7.77. The number of hydrogen-bond acceptors (Lipinski definition) is 2.